The molecule has 2 rings (SSSR count). The maximum Gasteiger partial charge on any atom is 0.315 e. The number of aliphatic carboxylic acids is 1. The largest absolute Gasteiger partial charge is 0.481 e. The highest BCUT2D eigenvalue weighted by molar-refractivity contribution is 7.13. The van der Waals surface area contributed by atoms with E-state index in [2.05, 4.69) is 28.9 Å². The molecule has 1 aromatic heterocycles. The summed E-state index contributed by atoms with van der Waals surface area (Å²) in [6.07, 6.45) is 2.35. The van der Waals surface area contributed by atoms with Crippen molar-refractivity contribution in [2.45, 2.75) is 38.1 Å². The molecule has 1 aliphatic heterocycles. The van der Waals surface area contributed by atoms with Gasteiger partial charge in [-0.15, -0.1) is 11.3 Å². The third-order valence-electron chi connectivity index (χ3n) is 3.87. The number of nitrogens with zero attached hydrogens (tertiary/aromatic N) is 3. The van der Waals surface area contributed by atoms with Crippen molar-refractivity contribution in [3.8, 4) is 0 Å². The van der Waals surface area contributed by atoms with Crippen molar-refractivity contribution in [1.29, 1.82) is 0 Å². The van der Waals surface area contributed by atoms with Crippen LogP contribution in [0.2, 0.25) is 0 Å². The SMILES string of the molecule is CN(C)CC1CCCN1c1nc(C(C)(C)C(=O)O)cs1. The molecule has 0 aliphatic carbocycles. The predicted molar refractivity (Wildman–Crippen MR) is 81.7 cm³/mol. The van der Waals surface area contributed by atoms with Crippen LogP contribution in [0.4, 0.5) is 5.13 Å². The van der Waals surface area contributed by atoms with Gasteiger partial charge in [0.25, 0.3) is 0 Å². The second-order valence-electron chi connectivity index (χ2n) is 6.20. The first kappa shape index (κ1) is 15.3. The lowest BCUT2D eigenvalue weighted by atomic mass is 9.90. The number of aromatic nitrogens is 1. The van der Waals surface area contributed by atoms with Crippen LogP contribution in [0, 0.1) is 0 Å². The number of hydrogen-bond donors (Lipinski definition) is 1. The van der Waals surface area contributed by atoms with Gasteiger partial charge in [-0.25, -0.2) is 4.98 Å². The summed E-state index contributed by atoms with van der Waals surface area (Å²) in [5, 5.41) is 12.1. The average Bonchev–Trinajstić information content (AvgIpc) is 2.95. The molecule has 0 bridgehead atoms. The molecule has 1 saturated heterocycles. The van der Waals surface area contributed by atoms with E-state index in [0.29, 0.717) is 11.7 Å². The summed E-state index contributed by atoms with van der Waals surface area (Å²) in [5.74, 6) is -0.833. The molecule has 0 aromatic carbocycles. The number of carboxylic acids is 1. The summed E-state index contributed by atoms with van der Waals surface area (Å²) in [6, 6.07) is 0.483. The fraction of sp³-hybridized carbons (Fsp3) is 0.714. The van der Waals surface area contributed by atoms with Crippen molar-refractivity contribution in [3.05, 3.63) is 11.1 Å². The molecule has 1 aromatic rings. The fourth-order valence-corrected chi connectivity index (χ4v) is 3.58. The molecule has 0 amide bonds. The van der Waals surface area contributed by atoms with E-state index >= 15 is 0 Å². The Labute approximate surface area is 124 Å². The Hall–Kier alpha value is -1.14. The third kappa shape index (κ3) is 2.96. The lowest BCUT2D eigenvalue weighted by molar-refractivity contribution is -0.142. The molecule has 0 saturated carbocycles. The maximum absolute atomic E-state index is 11.3. The summed E-state index contributed by atoms with van der Waals surface area (Å²) in [5.41, 5.74) is -0.272. The van der Waals surface area contributed by atoms with Gasteiger partial charge in [0.1, 0.15) is 5.41 Å². The maximum atomic E-state index is 11.3. The number of thiazole rings is 1. The van der Waals surface area contributed by atoms with Crippen LogP contribution >= 0.6 is 11.3 Å². The molecule has 1 unspecified atom stereocenters. The van der Waals surface area contributed by atoms with Gasteiger partial charge in [-0.3, -0.25) is 4.79 Å². The molecule has 1 aliphatic rings. The van der Waals surface area contributed by atoms with Gasteiger partial charge in [-0.2, -0.15) is 0 Å². The molecule has 1 N–H and O–H groups in total. The second-order valence-corrected chi connectivity index (χ2v) is 7.03. The van der Waals surface area contributed by atoms with E-state index in [0.717, 1.165) is 18.2 Å². The zero-order valence-electron chi connectivity index (χ0n) is 12.6. The lowest BCUT2D eigenvalue weighted by Gasteiger charge is -2.26. The van der Waals surface area contributed by atoms with Crippen molar-refractivity contribution >= 4 is 22.4 Å². The minimum absolute atomic E-state index is 0.483. The number of carbonyl (C=O) groups is 1. The smallest absolute Gasteiger partial charge is 0.315 e. The Bertz CT molecular complexity index is 485. The molecule has 6 heteroatoms. The molecule has 2 heterocycles. The highest BCUT2D eigenvalue weighted by atomic mass is 32.1. The monoisotopic (exact) mass is 297 g/mol. The summed E-state index contributed by atoms with van der Waals surface area (Å²) in [6.45, 7) is 5.43. The molecular formula is C14H23N3O2S. The molecule has 112 valence electrons. The summed E-state index contributed by atoms with van der Waals surface area (Å²) < 4.78 is 0. The van der Waals surface area contributed by atoms with Crippen LogP contribution in [0.3, 0.4) is 0 Å². The Balaban J connectivity index is 2.18. The van der Waals surface area contributed by atoms with Crippen LogP contribution in [0.15, 0.2) is 5.38 Å². The van der Waals surface area contributed by atoms with E-state index in [1.165, 1.54) is 12.8 Å². The van der Waals surface area contributed by atoms with Crippen molar-refractivity contribution in [1.82, 2.24) is 9.88 Å². The highest BCUT2D eigenvalue weighted by Gasteiger charge is 2.34. The van der Waals surface area contributed by atoms with Crippen LogP contribution < -0.4 is 4.90 Å². The standard InChI is InChI=1S/C14H23N3O2S/c1-14(2,12(18)19)11-9-20-13(15-11)17-7-5-6-10(17)8-16(3)4/h9-10H,5-8H2,1-4H3,(H,18,19). The first-order chi connectivity index (χ1) is 9.32. The summed E-state index contributed by atoms with van der Waals surface area (Å²) in [4.78, 5) is 20.4. The zero-order chi connectivity index (χ0) is 14.9. The number of rotatable bonds is 5. The van der Waals surface area contributed by atoms with Crippen LogP contribution in [0.1, 0.15) is 32.4 Å². The molecule has 0 spiro atoms. The van der Waals surface area contributed by atoms with E-state index in [4.69, 9.17) is 0 Å². The van der Waals surface area contributed by atoms with Gasteiger partial charge in [0, 0.05) is 24.5 Å². The van der Waals surface area contributed by atoms with Gasteiger partial charge < -0.3 is 14.9 Å². The number of carboxylic acid groups (broad SMARTS) is 1. The van der Waals surface area contributed by atoms with Gasteiger partial charge in [0.15, 0.2) is 5.13 Å². The molecule has 1 fully saturated rings. The molecule has 5 nitrogen and oxygen atoms in total. The number of hydrogen-bond acceptors (Lipinski definition) is 5. The minimum atomic E-state index is -0.925. The van der Waals surface area contributed by atoms with Gasteiger partial charge in [0.2, 0.25) is 0 Å². The van der Waals surface area contributed by atoms with Crippen LogP contribution in [-0.4, -0.2) is 54.2 Å². The third-order valence-corrected chi connectivity index (χ3v) is 4.74. The van der Waals surface area contributed by atoms with Crippen molar-refractivity contribution in [3.63, 3.8) is 0 Å². The Morgan fingerprint density at radius 2 is 2.30 bits per heavy atom. The Morgan fingerprint density at radius 3 is 2.90 bits per heavy atom. The van der Waals surface area contributed by atoms with E-state index in [9.17, 15) is 9.90 Å². The first-order valence-electron chi connectivity index (χ1n) is 6.93. The van der Waals surface area contributed by atoms with Crippen molar-refractivity contribution < 1.29 is 9.90 Å². The van der Waals surface area contributed by atoms with Crippen molar-refractivity contribution in [2.75, 3.05) is 32.1 Å². The van der Waals surface area contributed by atoms with E-state index in [-0.39, 0.29) is 0 Å². The first-order valence-corrected chi connectivity index (χ1v) is 7.81. The molecule has 0 radical (unpaired) electrons. The Kier molecular flexibility index (Phi) is 4.34. The average molecular weight is 297 g/mol. The fourth-order valence-electron chi connectivity index (χ4n) is 2.49. The normalized spacial score (nSPS) is 19.9. The van der Waals surface area contributed by atoms with Gasteiger partial charge in [0.05, 0.1) is 5.69 Å². The highest BCUT2D eigenvalue weighted by Crippen LogP contribution is 2.33. The van der Waals surface area contributed by atoms with Crippen LogP contribution in [0.5, 0.6) is 0 Å². The van der Waals surface area contributed by atoms with Gasteiger partial charge >= 0.3 is 5.97 Å². The minimum Gasteiger partial charge on any atom is -0.481 e. The topological polar surface area (TPSA) is 56.7 Å². The molecular weight excluding hydrogens is 274 g/mol. The van der Waals surface area contributed by atoms with Crippen molar-refractivity contribution in [2.24, 2.45) is 0 Å². The van der Waals surface area contributed by atoms with Crippen LogP contribution in [-0.2, 0) is 10.2 Å². The molecule has 20 heavy (non-hydrogen) atoms. The van der Waals surface area contributed by atoms with Gasteiger partial charge in [-0.1, -0.05) is 0 Å². The van der Waals surface area contributed by atoms with Gasteiger partial charge in [-0.05, 0) is 40.8 Å². The number of likely N-dealkylation sites (N-methyl/N-ethyl adjacent to an activating group) is 1. The van der Waals surface area contributed by atoms with E-state index in [1.54, 1.807) is 25.2 Å². The Morgan fingerprint density at radius 1 is 1.60 bits per heavy atom. The zero-order valence-corrected chi connectivity index (χ0v) is 13.4. The van der Waals surface area contributed by atoms with E-state index in [1.807, 2.05) is 5.38 Å². The second kappa shape index (κ2) is 5.69. The predicted octanol–water partition coefficient (Wildman–Crippen LogP) is 2.04. The molecule has 1 atom stereocenters. The number of anilines is 1. The quantitative estimate of drug-likeness (QED) is 0.901. The summed E-state index contributed by atoms with van der Waals surface area (Å²) >= 11 is 1.55. The lowest BCUT2D eigenvalue weighted by Crippen LogP contribution is -2.37. The van der Waals surface area contributed by atoms with Crippen LogP contribution in [0.25, 0.3) is 0 Å². The van der Waals surface area contributed by atoms with E-state index < -0.39 is 11.4 Å². The summed E-state index contributed by atoms with van der Waals surface area (Å²) in [7, 11) is 4.16.